The van der Waals surface area contributed by atoms with Gasteiger partial charge in [-0.05, 0) is 12.8 Å². The van der Waals surface area contributed by atoms with Gasteiger partial charge in [0.1, 0.15) is 5.52 Å². The lowest BCUT2D eigenvalue weighted by atomic mass is 10.4. The van der Waals surface area contributed by atoms with Gasteiger partial charge in [-0.15, -0.1) is 0 Å². The topological polar surface area (TPSA) is 72.7 Å². The zero-order valence-corrected chi connectivity index (χ0v) is 11.6. The van der Waals surface area contributed by atoms with Gasteiger partial charge in [0.05, 0.1) is 0 Å². The van der Waals surface area contributed by atoms with E-state index >= 15 is 0 Å². The molecule has 6 nitrogen and oxygen atoms in total. The van der Waals surface area contributed by atoms with Crippen molar-refractivity contribution in [2.45, 2.75) is 46.0 Å². The standard InChI is InChI=1S/C12H15F3N4O2/c1-3-5-18-8-7(16-10(17-8)12(13,14)15)9(20)19(6-4-2)11(18)21/h3-6H2,1-2H3,(H,16,17). The highest BCUT2D eigenvalue weighted by Crippen LogP contribution is 2.27. The first-order chi connectivity index (χ1) is 9.81. The average Bonchev–Trinajstić information content (AvgIpc) is 2.84. The zero-order valence-electron chi connectivity index (χ0n) is 11.6. The summed E-state index contributed by atoms with van der Waals surface area (Å²) in [5, 5.41) is 0. The normalized spacial score (nSPS) is 12.2. The summed E-state index contributed by atoms with van der Waals surface area (Å²) in [5.74, 6) is -1.27. The van der Waals surface area contributed by atoms with E-state index in [-0.39, 0.29) is 24.3 Å². The van der Waals surface area contributed by atoms with E-state index in [1.165, 1.54) is 0 Å². The summed E-state index contributed by atoms with van der Waals surface area (Å²) in [5.41, 5.74) is -1.93. The fourth-order valence-corrected chi connectivity index (χ4v) is 2.15. The molecule has 0 amide bonds. The number of rotatable bonds is 4. The molecule has 2 aromatic rings. The number of aromatic amines is 1. The average molecular weight is 304 g/mol. The van der Waals surface area contributed by atoms with E-state index in [4.69, 9.17) is 0 Å². The van der Waals surface area contributed by atoms with Crippen LogP contribution in [-0.2, 0) is 19.3 Å². The van der Waals surface area contributed by atoms with Crippen LogP contribution in [-0.4, -0.2) is 19.1 Å². The smallest absolute Gasteiger partial charge is 0.328 e. The molecule has 116 valence electrons. The Kier molecular flexibility index (Phi) is 3.93. The van der Waals surface area contributed by atoms with Crippen LogP contribution in [0.3, 0.4) is 0 Å². The van der Waals surface area contributed by atoms with Crippen molar-refractivity contribution < 1.29 is 13.2 Å². The number of alkyl halides is 3. The Balaban J connectivity index is 2.86. The second-order valence-corrected chi connectivity index (χ2v) is 4.67. The number of aromatic nitrogens is 4. The van der Waals surface area contributed by atoms with E-state index in [1.54, 1.807) is 13.8 Å². The maximum atomic E-state index is 12.7. The highest BCUT2D eigenvalue weighted by atomic mass is 19.4. The molecule has 9 heteroatoms. The van der Waals surface area contributed by atoms with Gasteiger partial charge in [0.25, 0.3) is 5.56 Å². The van der Waals surface area contributed by atoms with Crippen molar-refractivity contribution in [3.8, 4) is 0 Å². The Morgan fingerprint density at radius 3 is 2.19 bits per heavy atom. The summed E-state index contributed by atoms with van der Waals surface area (Å²) in [6.07, 6.45) is -3.64. The lowest BCUT2D eigenvalue weighted by Gasteiger charge is -2.09. The van der Waals surface area contributed by atoms with E-state index in [1.807, 2.05) is 4.98 Å². The van der Waals surface area contributed by atoms with Crippen molar-refractivity contribution in [2.24, 2.45) is 0 Å². The number of nitrogens with one attached hydrogen (secondary N) is 1. The molecular formula is C12H15F3N4O2. The number of fused-ring (bicyclic) bond motifs is 1. The second-order valence-electron chi connectivity index (χ2n) is 4.67. The monoisotopic (exact) mass is 304 g/mol. The summed E-state index contributed by atoms with van der Waals surface area (Å²) in [6, 6.07) is 0. The van der Waals surface area contributed by atoms with Crippen LogP contribution < -0.4 is 11.2 Å². The number of H-pyrrole nitrogens is 1. The van der Waals surface area contributed by atoms with Gasteiger partial charge >= 0.3 is 11.9 Å². The molecule has 0 aliphatic rings. The first-order valence-corrected chi connectivity index (χ1v) is 6.61. The molecule has 0 aromatic carbocycles. The Morgan fingerprint density at radius 2 is 1.67 bits per heavy atom. The SMILES string of the molecule is CCCn1c(=O)c2[nH]c(C(F)(F)F)nc2n(CCC)c1=O. The molecule has 0 unspecified atom stereocenters. The molecule has 0 bridgehead atoms. The van der Waals surface area contributed by atoms with Crippen molar-refractivity contribution in [1.82, 2.24) is 19.1 Å². The fraction of sp³-hybridized carbons (Fsp3) is 0.583. The van der Waals surface area contributed by atoms with Crippen molar-refractivity contribution in [2.75, 3.05) is 0 Å². The Bertz CT molecular complexity index is 770. The van der Waals surface area contributed by atoms with Crippen LogP contribution >= 0.6 is 0 Å². The number of hydrogen-bond donors (Lipinski definition) is 1. The number of imidazole rings is 1. The van der Waals surface area contributed by atoms with E-state index in [0.717, 1.165) is 9.13 Å². The molecule has 0 spiro atoms. The van der Waals surface area contributed by atoms with Crippen LogP contribution in [0.2, 0.25) is 0 Å². The summed E-state index contributed by atoms with van der Waals surface area (Å²) >= 11 is 0. The van der Waals surface area contributed by atoms with Crippen LogP contribution in [0.25, 0.3) is 11.2 Å². The molecule has 0 saturated carbocycles. The van der Waals surface area contributed by atoms with Gasteiger partial charge < -0.3 is 4.98 Å². The fourth-order valence-electron chi connectivity index (χ4n) is 2.15. The second kappa shape index (κ2) is 5.38. The molecule has 21 heavy (non-hydrogen) atoms. The van der Waals surface area contributed by atoms with E-state index < -0.39 is 23.2 Å². The molecule has 2 aromatic heterocycles. The largest absolute Gasteiger partial charge is 0.449 e. The van der Waals surface area contributed by atoms with Crippen molar-refractivity contribution in [3.05, 3.63) is 26.7 Å². The zero-order chi connectivity index (χ0) is 15.8. The van der Waals surface area contributed by atoms with Gasteiger partial charge in [-0.25, -0.2) is 9.78 Å². The minimum absolute atomic E-state index is 0.150. The van der Waals surface area contributed by atoms with Crippen LogP contribution in [0.1, 0.15) is 32.5 Å². The predicted octanol–water partition coefficient (Wildman–Crippen LogP) is 1.73. The number of hydrogen-bond acceptors (Lipinski definition) is 3. The quantitative estimate of drug-likeness (QED) is 0.935. The molecule has 2 rings (SSSR count). The maximum Gasteiger partial charge on any atom is 0.449 e. The van der Waals surface area contributed by atoms with Gasteiger partial charge in [-0.2, -0.15) is 13.2 Å². The van der Waals surface area contributed by atoms with Crippen LogP contribution in [0.15, 0.2) is 9.59 Å². The summed E-state index contributed by atoms with van der Waals surface area (Å²) in [4.78, 5) is 29.8. The number of nitrogens with zero attached hydrogens (tertiary/aromatic N) is 3. The molecule has 1 N–H and O–H groups in total. The first-order valence-electron chi connectivity index (χ1n) is 6.61. The van der Waals surface area contributed by atoms with E-state index in [0.29, 0.717) is 12.8 Å². The Morgan fingerprint density at radius 1 is 1.10 bits per heavy atom. The predicted molar refractivity (Wildman–Crippen MR) is 70.2 cm³/mol. The molecular weight excluding hydrogens is 289 g/mol. The molecule has 0 fully saturated rings. The number of aryl methyl sites for hydroxylation is 1. The van der Waals surface area contributed by atoms with Crippen molar-refractivity contribution in [3.63, 3.8) is 0 Å². The summed E-state index contributed by atoms with van der Waals surface area (Å²) < 4.78 is 40.3. The molecule has 0 aliphatic carbocycles. The molecule has 0 atom stereocenters. The minimum Gasteiger partial charge on any atom is -0.328 e. The highest BCUT2D eigenvalue weighted by molar-refractivity contribution is 5.70. The van der Waals surface area contributed by atoms with Gasteiger partial charge in [-0.1, -0.05) is 13.8 Å². The lowest BCUT2D eigenvalue weighted by Crippen LogP contribution is -2.40. The number of halogens is 3. The van der Waals surface area contributed by atoms with Gasteiger partial charge in [0, 0.05) is 13.1 Å². The van der Waals surface area contributed by atoms with Crippen LogP contribution in [0.4, 0.5) is 13.2 Å². The Hall–Kier alpha value is -2.06. The Labute approximate surface area is 117 Å². The van der Waals surface area contributed by atoms with Crippen molar-refractivity contribution >= 4 is 11.2 Å². The lowest BCUT2D eigenvalue weighted by molar-refractivity contribution is -0.144. The summed E-state index contributed by atoms with van der Waals surface area (Å²) in [6.45, 7) is 3.90. The van der Waals surface area contributed by atoms with Crippen molar-refractivity contribution in [1.29, 1.82) is 0 Å². The van der Waals surface area contributed by atoms with E-state index in [2.05, 4.69) is 4.98 Å². The van der Waals surface area contributed by atoms with Gasteiger partial charge in [-0.3, -0.25) is 13.9 Å². The van der Waals surface area contributed by atoms with Gasteiger partial charge in [0.15, 0.2) is 5.65 Å². The van der Waals surface area contributed by atoms with E-state index in [9.17, 15) is 22.8 Å². The van der Waals surface area contributed by atoms with Crippen LogP contribution in [0, 0.1) is 0 Å². The molecule has 0 saturated heterocycles. The summed E-state index contributed by atoms with van der Waals surface area (Å²) in [7, 11) is 0. The van der Waals surface area contributed by atoms with Gasteiger partial charge in [0.2, 0.25) is 5.82 Å². The third kappa shape index (κ3) is 2.59. The first kappa shape index (κ1) is 15.3. The minimum atomic E-state index is -4.70. The third-order valence-corrected chi connectivity index (χ3v) is 3.02. The third-order valence-electron chi connectivity index (χ3n) is 3.02. The highest BCUT2D eigenvalue weighted by Gasteiger charge is 2.36. The molecule has 0 radical (unpaired) electrons. The van der Waals surface area contributed by atoms with Crippen LogP contribution in [0.5, 0.6) is 0 Å². The maximum absolute atomic E-state index is 12.7. The molecule has 0 aliphatic heterocycles. The molecule has 2 heterocycles.